The quantitative estimate of drug-likeness (QED) is 0.101. The van der Waals surface area contributed by atoms with Crippen LogP contribution in [0.5, 0.6) is 5.75 Å². The van der Waals surface area contributed by atoms with Gasteiger partial charge in [0.1, 0.15) is 17.1 Å². The molecule has 4 aromatic carbocycles. The monoisotopic (exact) mass is 516 g/mol. The standard InChI is InChI=1S/C25H20N6O5S/c1-17-15-20(11-14-25(17)32)28-27-19-9-7-18(8-10-19)26-23-13-12-22(16-24(23)30(33)34)37-29(31(35)36)21-5-3-2-4-6-21/h2-16,26,32H,1H3. The summed E-state index contributed by atoms with van der Waals surface area (Å²) < 4.78 is 0.846. The summed E-state index contributed by atoms with van der Waals surface area (Å²) in [5.74, 6) is 0.182. The van der Waals surface area contributed by atoms with Crippen LogP contribution in [0.25, 0.3) is 0 Å². The Balaban J connectivity index is 1.50. The van der Waals surface area contributed by atoms with E-state index in [1.165, 1.54) is 12.1 Å². The molecule has 12 heteroatoms. The summed E-state index contributed by atoms with van der Waals surface area (Å²) in [5.41, 5.74) is 2.77. The Kier molecular flexibility index (Phi) is 7.59. The molecule has 0 radical (unpaired) electrons. The van der Waals surface area contributed by atoms with Crippen molar-refractivity contribution < 1.29 is 15.1 Å². The van der Waals surface area contributed by atoms with E-state index < -0.39 is 9.96 Å². The van der Waals surface area contributed by atoms with Crippen molar-refractivity contribution in [1.29, 1.82) is 0 Å². The van der Waals surface area contributed by atoms with Crippen molar-refractivity contribution in [3.63, 3.8) is 0 Å². The molecule has 0 aromatic heterocycles. The first-order chi connectivity index (χ1) is 17.8. The Labute approximate surface area is 215 Å². The van der Waals surface area contributed by atoms with Gasteiger partial charge >= 0.3 is 0 Å². The molecule has 0 atom stereocenters. The summed E-state index contributed by atoms with van der Waals surface area (Å²) in [6.45, 7) is 1.76. The lowest BCUT2D eigenvalue weighted by molar-refractivity contribution is -0.472. The van der Waals surface area contributed by atoms with Gasteiger partial charge in [0.05, 0.1) is 28.2 Å². The number of azo groups is 1. The molecule has 11 nitrogen and oxygen atoms in total. The Hall–Kier alpha value is -4.97. The lowest BCUT2D eigenvalue weighted by Gasteiger charge is -2.13. The largest absolute Gasteiger partial charge is 0.508 e. The predicted octanol–water partition coefficient (Wildman–Crippen LogP) is 7.47. The van der Waals surface area contributed by atoms with Crippen LogP contribution in [0.2, 0.25) is 0 Å². The molecule has 0 heterocycles. The highest BCUT2D eigenvalue weighted by Crippen LogP contribution is 2.35. The van der Waals surface area contributed by atoms with Gasteiger partial charge in [-0.15, -0.1) is 0 Å². The van der Waals surface area contributed by atoms with Crippen LogP contribution < -0.4 is 9.73 Å². The zero-order chi connectivity index (χ0) is 26.4. The van der Waals surface area contributed by atoms with Crippen LogP contribution in [-0.2, 0) is 0 Å². The van der Waals surface area contributed by atoms with Gasteiger partial charge in [0.15, 0.2) is 5.03 Å². The first-order valence-corrected chi connectivity index (χ1v) is 11.6. The maximum atomic E-state index is 11.7. The lowest BCUT2D eigenvalue weighted by atomic mass is 10.2. The number of para-hydroxylation sites is 1. The number of nitro groups is 2. The number of aryl methyl sites for hydroxylation is 1. The van der Waals surface area contributed by atoms with E-state index in [9.17, 15) is 25.3 Å². The van der Waals surface area contributed by atoms with E-state index in [4.69, 9.17) is 0 Å². The molecule has 0 aliphatic heterocycles. The average molecular weight is 517 g/mol. The van der Waals surface area contributed by atoms with Gasteiger partial charge in [0, 0.05) is 16.6 Å². The minimum absolute atomic E-state index is 0.182. The van der Waals surface area contributed by atoms with Gasteiger partial charge in [-0.05, 0) is 83.6 Å². The number of nitrogens with one attached hydrogen (secondary N) is 1. The molecular weight excluding hydrogens is 496 g/mol. The van der Waals surface area contributed by atoms with Gasteiger partial charge in [-0.25, -0.2) is 10.1 Å². The molecule has 2 N–H and O–H groups in total. The summed E-state index contributed by atoms with van der Waals surface area (Å²) in [6.07, 6.45) is 0. The summed E-state index contributed by atoms with van der Waals surface area (Å²) in [4.78, 5) is 23.1. The van der Waals surface area contributed by atoms with Gasteiger partial charge in [0.25, 0.3) is 5.69 Å². The van der Waals surface area contributed by atoms with Crippen LogP contribution in [0.3, 0.4) is 0 Å². The fourth-order valence-electron chi connectivity index (χ4n) is 3.24. The SMILES string of the molecule is Cc1cc(N=Nc2ccc(Nc3ccc(SN(c4ccccc4)[N+](=O)[O-])cc3[N+](=O)[O-])cc2)ccc1O. The second-order valence-electron chi connectivity index (χ2n) is 7.72. The van der Waals surface area contributed by atoms with Crippen molar-refractivity contribution in [2.45, 2.75) is 11.8 Å². The normalized spacial score (nSPS) is 10.8. The van der Waals surface area contributed by atoms with Gasteiger partial charge in [-0.3, -0.25) is 10.1 Å². The molecular formula is C25H20N6O5S. The number of hydrazine groups is 1. The summed E-state index contributed by atoms with van der Waals surface area (Å²) in [7, 11) is 0. The third kappa shape index (κ3) is 6.38. The minimum atomic E-state index is -0.584. The molecule has 0 amide bonds. The number of hydrogen-bond donors (Lipinski definition) is 2. The summed E-state index contributed by atoms with van der Waals surface area (Å²) >= 11 is 0.769. The number of phenols is 1. The van der Waals surface area contributed by atoms with E-state index >= 15 is 0 Å². The van der Waals surface area contributed by atoms with Crippen LogP contribution >= 0.6 is 11.9 Å². The van der Waals surface area contributed by atoms with Crippen molar-refractivity contribution in [3.8, 4) is 5.75 Å². The Morgan fingerprint density at radius 2 is 1.54 bits per heavy atom. The third-order valence-electron chi connectivity index (χ3n) is 5.09. The second-order valence-corrected chi connectivity index (χ2v) is 8.72. The molecule has 0 unspecified atom stereocenters. The van der Waals surface area contributed by atoms with E-state index in [0.29, 0.717) is 33.2 Å². The van der Waals surface area contributed by atoms with E-state index in [0.717, 1.165) is 16.4 Å². The van der Waals surface area contributed by atoms with Crippen molar-refractivity contribution in [1.82, 2.24) is 0 Å². The first-order valence-electron chi connectivity index (χ1n) is 10.8. The maximum absolute atomic E-state index is 11.7. The van der Waals surface area contributed by atoms with Crippen LogP contribution in [0.1, 0.15) is 5.56 Å². The zero-order valence-corrected chi connectivity index (χ0v) is 20.2. The Morgan fingerprint density at radius 3 is 2.19 bits per heavy atom. The maximum Gasteiger partial charge on any atom is 0.293 e. The Bertz CT molecular complexity index is 1460. The van der Waals surface area contributed by atoms with E-state index in [-0.39, 0.29) is 17.1 Å². The van der Waals surface area contributed by atoms with Crippen molar-refractivity contribution in [3.05, 3.63) is 117 Å². The number of anilines is 3. The fraction of sp³-hybridized carbons (Fsp3) is 0.0400. The smallest absolute Gasteiger partial charge is 0.293 e. The van der Waals surface area contributed by atoms with Crippen molar-refractivity contribution in [2.24, 2.45) is 10.2 Å². The topological polar surface area (TPSA) is 146 Å². The number of nitro benzene ring substituents is 1. The number of phenolic OH excluding ortho intramolecular Hbond substituents is 1. The molecule has 0 spiro atoms. The van der Waals surface area contributed by atoms with Gasteiger partial charge in [0.2, 0.25) is 0 Å². The zero-order valence-electron chi connectivity index (χ0n) is 19.4. The van der Waals surface area contributed by atoms with Crippen LogP contribution in [0, 0.1) is 27.2 Å². The van der Waals surface area contributed by atoms with E-state index in [1.54, 1.807) is 85.8 Å². The number of hydrogen-bond acceptors (Lipinski definition) is 9. The molecule has 0 saturated heterocycles. The minimum Gasteiger partial charge on any atom is -0.508 e. The highest BCUT2D eigenvalue weighted by molar-refractivity contribution is 8.00. The number of rotatable bonds is 9. The molecule has 0 aliphatic carbocycles. The van der Waals surface area contributed by atoms with Crippen LogP contribution in [-0.4, -0.2) is 15.1 Å². The lowest BCUT2D eigenvalue weighted by Crippen LogP contribution is -2.21. The van der Waals surface area contributed by atoms with Gasteiger partial charge in [-0.1, -0.05) is 18.2 Å². The van der Waals surface area contributed by atoms with E-state index in [2.05, 4.69) is 15.5 Å². The number of aromatic hydroxyl groups is 1. The summed E-state index contributed by atoms with van der Waals surface area (Å²) in [6, 6.07) is 24.3. The van der Waals surface area contributed by atoms with E-state index in [1.807, 2.05) is 0 Å². The molecule has 0 saturated carbocycles. The molecule has 186 valence electrons. The first kappa shape index (κ1) is 25.1. The highest BCUT2D eigenvalue weighted by atomic mass is 32.2. The summed E-state index contributed by atoms with van der Waals surface area (Å²) in [5, 5.41) is 43.6. The second kappa shape index (κ2) is 11.2. The third-order valence-corrected chi connectivity index (χ3v) is 6.07. The van der Waals surface area contributed by atoms with Gasteiger partial charge < -0.3 is 10.4 Å². The number of nitrogens with zero attached hydrogens (tertiary/aromatic N) is 5. The molecule has 0 fully saturated rings. The molecule has 4 rings (SSSR count). The van der Waals surface area contributed by atoms with Crippen LogP contribution in [0.15, 0.2) is 106 Å². The predicted molar refractivity (Wildman–Crippen MR) is 142 cm³/mol. The highest BCUT2D eigenvalue weighted by Gasteiger charge is 2.22. The fourth-order valence-corrected chi connectivity index (χ4v) is 4.03. The molecule has 0 aliphatic rings. The van der Waals surface area contributed by atoms with Crippen molar-refractivity contribution in [2.75, 3.05) is 9.73 Å². The van der Waals surface area contributed by atoms with Crippen molar-refractivity contribution >= 4 is 46.1 Å². The number of benzene rings is 4. The average Bonchev–Trinajstić information content (AvgIpc) is 2.89. The molecule has 37 heavy (non-hydrogen) atoms. The Morgan fingerprint density at radius 1 is 0.865 bits per heavy atom. The molecule has 4 aromatic rings. The van der Waals surface area contributed by atoms with Crippen LogP contribution in [0.4, 0.5) is 34.1 Å². The molecule has 0 bridgehead atoms. The van der Waals surface area contributed by atoms with Gasteiger partial charge in [-0.2, -0.15) is 10.2 Å².